The van der Waals surface area contributed by atoms with Crippen LogP contribution in [0.3, 0.4) is 0 Å². The van der Waals surface area contributed by atoms with Gasteiger partial charge in [0.2, 0.25) is 0 Å². The molecular formula is C11H15NO. The summed E-state index contributed by atoms with van der Waals surface area (Å²) in [6.45, 7) is 4.11. The molecule has 0 aliphatic heterocycles. The third-order valence-corrected chi connectivity index (χ3v) is 1.90. The van der Waals surface area contributed by atoms with E-state index in [-0.39, 0.29) is 5.78 Å². The highest BCUT2D eigenvalue weighted by atomic mass is 16.1. The SMILES string of the molecule is CCc1ccc(NCC(C)=O)cc1. The summed E-state index contributed by atoms with van der Waals surface area (Å²) in [5.74, 6) is 0.152. The number of anilines is 1. The Morgan fingerprint density at radius 1 is 1.31 bits per heavy atom. The van der Waals surface area contributed by atoms with E-state index >= 15 is 0 Å². The number of rotatable bonds is 4. The van der Waals surface area contributed by atoms with Crippen LogP contribution in [0.5, 0.6) is 0 Å². The van der Waals surface area contributed by atoms with E-state index in [2.05, 4.69) is 24.4 Å². The zero-order valence-corrected chi connectivity index (χ0v) is 8.13. The van der Waals surface area contributed by atoms with Gasteiger partial charge in [0, 0.05) is 5.69 Å². The van der Waals surface area contributed by atoms with Crippen molar-refractivity contribution in [3.63, 3.8) is 0 Å². The molecule has 0 aliphatic carbocycles. The quantitative estimate of drug-likeness (QED) is 0.764. The van der Waals surface area contributed by atoms with Crippen molar-refractivity contribution >= 4 is 11.5 Å². The van der Waals surface area contributed by atoms with E-state index in [1.165, 1.54) is 5.56 Å². The van der Waals surface area contributed by atoms with E-state index in [1.807, 2.05) is 12.1 Å². The second kappa shape index (κ2) is 4.65. The Labute approximate surface area is 79.0 Å². The van der Waals surface area contributed by atoms with E-state index in [9.17, 15) is 4.79 Å². The van der Waals surface area contributed by atoms with Crippen molar-refractivity contribution in [2.45, 2.75) is 20.3 Å². The fraction of sp³-hybridized carbons (Fsp3) is 0.364. The summed E-state index contributed by atoms with van der Waals surface area (Å²) in [5, 5.41) is 3.05. The van der Waals surface area contributed by atoms with Crippen molar-refractivity contribution in [3.8, 4) is 0 Å². The van der Waals surface area contributed by atoms with Gasteiger partial charge in [-0.25, -0.2) is 0 Å². The van der Waals surface area contributed by atoms with E-state index in [0.717, 1.165) is 12.1 Å². The van der Waals surface area contributed by atoms with Gasteiger partial charge in [-0.3, -0.25) is 4.79 Å². The molecule has 1 N–H and O–H groups in total. The maximum absolute atomic E-state index is 10.7. The molecule has 0 unspecified atom stereocenters. The first-order chi connectivity index (χ1) is 6.22. The van der Waals surface area contributed by atoms with Gasteiger partial charge in [-0.05, 0) is 31.0 Å². The predicted octanol–water partition coefficient (Wildman–Crippen LogP) is 2.25. The summed E-state index contributed by atoms with van der Waals surface area (Å²) in [4.78, 5) is 10.7. The minimum atomic E-state index is 0.152. The maximum Gasteiger partial charge on any atom is 0.148 e. The number of carbonyl (C=O) groups is 1. The molecule has 0 bridgehead atoms. The number of carbonyl (C=O) groups excluding carboxylic acids is 1. The standard InChI is InChI=1S/C11H15NO/c1-3-10-4-6-11(7-5-10)12-8-9(2)13/h4-7,12H,3,8H2,1-2H3. The van der Waals surface area contributed by atoms with Gasteiger partial charge in [0.1, 0.15) is 5.78 Å². The zero-order chi connectivity index (χ0) is 9.68. The van der Waals surface area contributed by atoms with Crippen molar-refractivity contribution in [1.29, 1.82) is 0 Å². The molecule has 0 saturated heterocycles. The fourth-order valence-electron chi connectivity index (χ4n) is 1.08. The van der Waals surface area contributed by atoms with E-state index in [4.69, 9.17) is 0 Å². The van der Waals surface area contributed by atoms with Crippen molar-refractivity contribution in [2.24, 2.45) is 0 Å². The molecule has 0 aliphatic rings. The van der Waals surface area contributed by atoms with Crippen LogP contribution in [0.1, 0.15) is 19.4 Å². The molecule has 13 heavy (non-hydrogen) atoms. The van der Waals surface area contributed by atoms with Crippen LogP contribution < -0.4 is 5.32 Å². The van der Waals surface area contributed by atoms with E-state index < -0.39 is 0 Å². The van der Waals surface area contributed by atoms with Crippen LogP contribution in [0, 0.1) is 0 Å². The smallest absolute Gasteiger partial charge is 0.148 e. The Hall–Kier alpha value is -1.31. The average Bonchev–Trinajstić information content (AvgIpc) is 2.15. The second-order valence-electron chi connectivity index (χ2n) is 3.11. The van der Waals surface area contributed by atoms with E-state index in [1.54, 1.807) is 6.92 Å². The normalized spacial score (nSPS) is 9.69. The van der Waals surface area contributed by atoms with Crippen molar-refractivity contribution < 1.29 is 4.79 Å². The molecule has 0 amide bonds. The summed E-state index contributed by atoms with van der Waals surface area (Å²) >= 11 is 0. The predicted molar refractivity (Wildman–Crippen MR) is 55.0 cm³/mol. The summed E-state index contributed by atoms with van der Waals surface area (Å²) in [5.41, 5.74) is 2.32. The molecule has 1 rings (SSSR count). The minimum Gasteiger partial charge on any atom is -0.378 e. The summed E-state index contributed by atoms with van der Waals surface area (Å²) < 4.78 is 0. The molecule has 70 valence electrons. The molecule has 0 heterocycles. The lowest BCUT2D eigenvalue weighted by Crippen LogP contribution is -2.09. The first-order valence-corrected chi connectivity index (χ1v) is 4.54. The minimum absolute atomic E-state index is 0.152. The van der Waals surface area contributed by atoms with Gasteiger partial charge >= 0.3 is 0 Å². The highest BCUT2D eigenvalue weighted by Crippen LogP contribution is 2.09. The number of nitrogens with one attached hydrogen (secondary N) is 1. The Morgan fingerprint density at radius 2 is 1.92 bits per heavy atom. The molecule has 0 saturated carbocycles. The van der Waals surface area contributed by atoms with Gasteiger partial charge in [0.25, 0.3) is 0 Å². The van der Waals surface area contributed by atoms with Crippen LogP contribution >= 0.6 is 0 Å². The fourth-order valence-corrected chi connectivity index (χ4v) is 1.08. The number of aryl methyl sites for hydroxylation is 1. The molecule has 2 heteroatoms. The second-order valence-corrected chi connectivity index (χ2v) is 3.11. The molecule has 0 atom stereocenters. The Kier molecular flexibility index (Phi) is 3.50. The Balaban J connectivity index is 2.54. The van der Waals surface area contributed by atoms with Gasteiger partial charge in [-0.1, -0.05) is 19.1 Å². The van der Waals surface area contributed by atoms with Crippen molar-refractivity contribution in [1.82, 2.24) is 0 Å². The number of ketones is 1. The topological polar surface area (TPSA) is 29.1 Å². The Morgan fingerprint density at radius 3 is 2.38 bits per heavy atom. The van der Waals surface area contributed by atoms with Crippen molar-refractivity contribution in [3.05, 3.63) is 29.8 Å². The molecule has 0 fully saturated rings. The van der Waals surface area contributed by atoms with Gasteiger partial charge in [0.05, 0.1) is 6.54 Å². The number of hydrogen-bond acceptors (Lipinski definition) is 2. The monoisotopic (exact) mass is 177 g/mol. The van der Waals surface area contributed by atoms with Gasteiger partial charge in [0.15, 0.2) is 0 Å². The van der Waals surface area contributed by atoms with Crippen LogP contribution in [0.15, 0.2) is 24.3 Å². The van der Waals surface area contributed by atoms with Crippen LogP contribution in [0.25, 0.3) is 0 Å². The molecule has 1 aromatic carbocycles. The molecule has 0 radical (unpaired) electrons. The maximum atomic E-state index is 10.7. The zero-order valence-electron chi connectivity index (χ0n) is 8.13. The molecule has 2 nitrogen and oxygen atoms in total. The highest BCUT2D eigenvalue weighted by molar-refractivity contribution is 5.80. The molecule has 0 aromatic heterocycles. The lowest BCUT2D eigenvalue weighted by Gasteiger charge is -2.04. The largest absolute Gasteiger partial charge is 0.378 e. The summed E-state index contributed by atoms with van der Waals surface area (Å²) in [6, 6.07) is 8.15. The van der Waals surface area contributed by atoms with Crippen LogP contribution in [0.4, 0.5) is 5.69 Å². The van der Waals surface area contributed by atoms with Crippen LogP contribution in [-0.4, -0.2) is 12.3 Å². The first kappa shape index (κ1) is 9.78. The van der Waals surface area contributed by atoms with Crippen LogP contribution in [-0.2, 0) is 11.2 Å². The lowest BCUT2D eigenvalue weighted by atomic mass is 10.1. The van der Waals surface area contributed by atoms with Crippen molar-refractivity contribution in [2.75, 3.05) is 11.9 Å². The average molecular weight is 177 g/mol. The van der Waals surface area contributed by atoms with Gasteiger partial charge in [-0.15, -0.1) is 0 Å². The molecule has 0 spiro atoms. The number of Topliss-reactive ketones (excluding diaryl/α,β-unsaturated/α-hetero) is 1. The first-order valence-electron chi connectivity index (χ1n) is 4.54. The van der Waals surface area contributed by atoms with Gasteiger partial charge < -0.3 is 5.32 Å². The van der Waals surface area contributed by atoms with E-state index in [0.29, 0.717) is 6.54 Å². The third-order valence-electron chi connectivity index (χ3n) is 1.90. The molecule has 1 aromatic rings. The van der Waals surface area contributed by atoms with Crippen LogP contribution in [0.2, 0.25) is 0 Å². The Bertz CT molecular complexity index is 277. The third kappa shape index (κ3) is 3.28. The highest BCUT2D eigenvalue weighted by Gasteiger charge is 1.94. The number of hydrogen-bond donors (Lipinski definition) is 1. The van der Waals surface area contributed by atoms with Gasteiger partial charge in [-0.2, -0.15) is 0 Å². The summed E-state index contributed by atoms with van der Waals surface area (Å²) in [7, 11) is 0. The number of benzene rings is 1. The summed E-state index contributed by atoms with van der Waals surface area (Å²) in [6.07, 6.45) is 1.05. The molecular weight excluding hydrogens is 162 g/mol. The lowest BCUT2D eigenvalue weighted by molar-refractivity contribution is -0.115.